The smallest absolute Gasteiger partial charge is 0.266 e. The first kappa shape index (κ1) is 28.3. The van der Waals surface area contributed by atoms with Gasteiger partial charge in [0.15, 0.2) is 0 Å². The molecule has 1 N–H and O–H groups in total. The number of fused-ring (bicyclic) bond motifs is 1. The van der Waals surface area contributed by atoms with E-state index in [-0.39, 0.29) is 38.5 Å². The van der Waals surface area contributed by atoms with Crippen molar-refractivity contribution in [3.63, 3.8) is 0 Å². The van der Waals surface area contributed by atoms with Gasteiger partial charge in [0.05, 0.1) is 29.3 Å². The van der Waals surface area contributed by atoms with E-state index in [1.54, 1.807) is 19.1 Å². The van der Waals surface area contributed by atoms with E-state index in [1.165, 1.54) is 0 Å². The van der Waals surface area contributed by atoms with Gasteiger partial charge >= 0.3 is 0 Å². The number of ether oxygens (including phenoxy) is 2. The summed E-state index contributed by atoms with van der Waals surface area (Å²) >= 11 is 7.46. The normalized spacial score (nSPS) is 17.1. The van der Waals surface area contributed by atoms with E-state index in [1.807, 2.05) is 49.5 Å². The molecule has 9 heteroatoms. The van der Waals surface area contributed by atoms with Gasteiger partial charge in [0, 0.05) is 24.2 Å². The summed E-state index contributed by atoms with van der Waals surface area (Å²) in [5.74, 6) is -0.170. The van der Waals surface area contributed by atoms with E-state index in [4.69, 9.17) is 21.1 Å². The third kappa shape index (κ3) is 5.53. The highest BCUT2D eigenvalue weighted by atomic mass is 35.5. The molecule has 1 heterocycles. The fourth-order valence-electron chi connectivity index (χ4n) is 5.46. The van der Waals surface area contributed by atoms with Crippen LogP contribution in [0.25, 0.3) is 21.2 Å². The first-order chi connectivity index (χ1) is 19.3. The number of amides is 1. The van der Waals surface area contributed by atoms with Gasteiger partial charge in [-0.2, -0.15) is 0 Å². The van der Waals surface area contributed by atoms with Crippen LogP contribution < -0.4 is 14.8 Å². The lowest BCUT2D eigenvalue weighted by Crippen LogP contribution is -2.44. The molecule has 1 aliphatic carbocycles. The topological polar surface area (TPSA) is 50.8 Å². The fraction of sp³-hybridized carbons (Fsp3) is 0.323. The van der Waals surface area contributed by atoms with Gasteiger partial charge in [0.25, 0.3) is 5.91 Å². The minimum absolute atomic E-state index is 0.0464. The summed E-state index contributed by atoms with van der Waals surface area (Å²) < 4.78 is 40.3. The molecule has 0 aliphatic heterocycles. The number of rotatable bonds is 8. The molecule has 3 aromatic carbocycles. The van der Waals surface area contributed by atoms with Crippen LogP contribution in [0.1, 0.15) is 40.9 Å². The third-order valence-corrected chi connectivity index (χ3v) is 9.40. The maximum Gasteiger partial charge on any atom is 0.266 e. The number of halogens is 3. The van der Waals surface area contributed by atoms with Gasteiger partial charge < -0.3 is 19.7 Å². The van der Waals surface area contributed by atoms with Crippen molar-refractivity contribution < 1.29 is 23.0 Å². The van der Waals surface area contributed by atoms with Gasteiger partial charge in [-0.25, -0.2) is 8.78 Å². The van der Waals surface area contributed by atoms with Crippen LogP contribution in [0.5, 0.6) is 11.5 Å². The predicted molar refractivity (Wildman–Crippen MR) is 157 cm³/mol. The summed E-state index contributed by atoms with van der Waals surface area (Å²) in [5.41, 5.74) is 2.79. The molecule has 0 spiro atoms. The molecule has 210 valence electrons. The van der Waals surface area contributed by atoms with Crippen molar-refractivity contribution in [3.05, 3.63) is 81.7 Å². The molecule has 5 nitrogen and oxygen atoms in total. The Kier molecular flexibility index (Phi) is 8.59. The maximum absolute atomic E-state index is 14.6. The van der Waals surface area contributed by atoms with Crippen LogP contribution in [0, 0.1) is 11.6 Å². The number of nitrogens with zero attached hydrogens (tertiary/aromatic N) is 1. The Bertz CT molecular complexity index is 1520. The van der Waals surface area contributed by atoms with Crippen molar-refractivity contribution in [1.29, 1.82) is 0 Å². The summed E-state index contributed by atoms with van der Waals surface area (Å²) in [7, 11) is 5.18. The van der Waals surface area contributed by atoms with Crippen LogP contribution in [0.4, 0.5) is 8.78 Å². The SMILES string of the molecule is CNC1CCC(N(Cc2cc(-c3ccc(OC)cc3)ccc2OC)C(=O)c2sc3c(F)ccc(F)c3c2Cl)CC1. The lowest BCUT2D eigenvalue weighted by atomic mass is 9.89. The van der Waals surface area contributed by atoms with Crippen LogP contribution in [0.15, 0.2) is 54.6 Å². The van der Waals surface area contributed by atoms with E-state index in [2.05, 4.69) is 5.32 Å². The Morgan fingerprint density at radius 2 is 1.65 bits per heavy atom. The van der Waals surface area contributed by atoms with E-state index < -0.39 is 11.6 Å². The molecule has 0 unspecified atom stereocenters. The average Bonchev–Trinajstić information content (AvgIpc) is 3.35. The van der Waals surface area contributed by atoms with Crippen molar-refractivity contribution in [2.45, 2.75) is 44.3 Å². The Labute approximate surface area is 241 Å². The number of nitrogens with one attached hydrogen (secondary N) is 1. The summed E-state index contributed by atoms with van der Waals surface area (Å²) in [6.45, 7) is 0.260. The van der Waals surface area contributed by atoms with Crippen molar-refractivity contribution in [2.75, 3.05) is 21.3 Å². The number of benzene rings is 3. The van der Waals surface area contributed by atoms with Crippen LogP contribution in [-0.2, 0) is 6.54 Å². The highest BCUT2D eigenvalue weighted by Crippen LogP contribution is 2.40. The summed E-state index contributed by atoms with van der Waals surface area (Å²) in [4.78, 5) is 16.1. The molecule has 1 saturated carbocycles. The molecule has 4 aromatic rings. The number of hydrogen-bond acceptors (Lipinski definition) is 5. The zero-order valence-corrected chi connectivity index (χ0v) is 24.2. The van der Waals surface area contributed by atoms with E-state index >= 15 is 0 Å². The number of carbonyl (C=O) groups excluding carboxylic acids is 1. The second-order valence-electron chi connectivity index (χ2n) is 9.96. The molecule has 0 bridgehead atoms. The number of hydrogen-bond donors (Lipinski definition) is 1. The fourth-order valence-corrected chi connectivity index (χ4v) is 6.96. The zero-order chi connectivity index (χ0) is 28.4. The largest absolute Gasteiger partial charge is 0.497 e. The van der Waals surface area contributed by atoms with Crippen molar-refractivity contribution in [2.24, 2.45) is 0 Å². The summed E-state index contributed by atoms with van der Waals surface area (Å²) in [5, 5.41) is 3.24. The molecule has 1 fully saturated rings. The first-order valence-corrected chi connectivity index (χ1v) is 14.4. The molecular formula is C31H31ClF2N2O3S. The highest BCUT2D eigenvalue weighted by Gasteiger charge is 2.33. The monoisotopic (exact) mass is 584 g/mol. The molecule has 0 radical (unpaired) electrons. The van der Waals surface area contributed by atoms with Gasteiger partial charge in [0.1, 0.15) is 28.0 Å². The average molecular weight is 585 g/mol. The lowest BCUT2D eigenvalue weighted by Gasteiger charge is -2.37. The number of methoxy groups -OCH3 is 2. The first-order valence-electron chi connectivity index (χ1n) is 13.2. The second-order valence-corrected chi connectivity index (χ2v) is 11.4. The summed E-state index contributed by atoms with van der Waals surface area (Å²) in [6.07, 6.45) is 3.42. The third-order valence-electron chi connectivity index (χ3n) is 7.73. The number of thiophene rings is 1. The maximum atomic E-state index is 14.6. The van der Waals surface area contributed by atoms with Crippen molar-refractivity contribution >= 4 is 38.9 Å². The Morgan fingerprint density at radius 1 is 0.975 bits per heavy atom. The van der Waals surface area contributed by atoms with Gasteiger partial charge in [-0.05, 0) is 80.3 Å². The van der Waals surface area contributed by atoms with Crippen LogP contribution in [-0.4, -0.2) is 44.2 Å². The van der Waals surface area contributed by atoms with Crippen LogP contribution >= 0.6 is 22.9 Å². The van der Waals surface area contributed by atoms with Crippen LogP contribution in [0.2, 0.25) is 5.02 Å². The Morgan fingerprint density at radius 3 is 2.27 bits per heavy atom. The van der Waals surface area contributed by atoms with E-state index in [0.717, 1.165) is 71.6 Å². The van der Waals surface area contributed by atoms with Crippen molar-refractivity contribution in [3.8, 4) is 22.6 Å². The predicted octanol–water partition coefficient (Wildman–Crippen LogP) is 7.69. The molecule has 1 amide bonds. The van der Waals surface area contributed by atoms with Gasteiger partial charge in [0.2, 0.25) is 0 Å². The molecule has 5 rings (SSSR count). The molecule has 40 heavy (non-hydrogen) atoms. The molecule has 0 atom stereocenters. The molecule has 0 saturated heterocycles. The Hall–Kier alpha value is -3.20. The summed E-state index contributed by atoms with van der Waals surface area (Å²) in [6, 6.07) is 16.1. The van der Waals surface area contributed by atoms with E-state index in [9.17, 15) is 13.6 Å². The standard InChI is InChI=1S/C31H31ClF2N2O3S/c1-35-21-7-9-22(10-8-21)36(31(37)30-28(32)27-24(33)13-14-25(34)29(27)40-30)17-20-16-19(6-15-26(20)39-3)18-4-11-23(38-2)12-5-18/h4-6,11-16,21-22,35H,7-10,17H2,1-3H3. The minimum atomic E-state index is -0.647. The highest BCUT2D eigenvalue weighted by molar-refractivity contribution is 7.21. The Balaban J connectivity index is 1.55. The minimum Gasteiger partial charge on any atom is -0.497 e. The lowest BCUT2D eigenvalue weighted by molar-refractivity contribution is 0.0604. The van der Waals surface area contributed by atoms with Crippen LogP contribution in [0.3, 0.4) is 0 Å². The van der Waals surface area contributed by atoms with Gasteiger partial charge in [-0.15, -0.1) is 11.3 Å². The number of carbonyl (C=O) groups is 1. The van der Waals surface area contributed by atoms with Gasteiger partial charge in [-0.3, -0.25) is 4.79 Å². The van der Waals surface area contributed by atoms with Crippen molar-refractivity contribution in [1.82, 2.24) is 10.2 Å². The molecular weight excluding hydrogens is 554 g/mol. The quantitative estimate of drug-likeness (QED) is 0.231. The molecule has 1 aliphatic rings. The zero-order valence-electron chi connectivity index (χ0n) is 22.6. The van der Waals surface area contributed by atoms with E-state index in [0.29, 0.717) is 11.8 Å². The second kappa shape index (κ2) is 12.1. The van der Waals surface area contributed by atoms with Gasteiger partial charge in [-0.1, -0.05) is 29.8 Å². The molecule has 1 aromatic heterocycles.